The summed E-state index contributed by atoms with van der Waals surface area (Å²) in [5.41, 5.74) is 0. The van der Waals surface area contributed by atoms with E-state index >= 15 is 0 Å². The van der Waals surface area contributed by atoms with Crippen LogP contribution in [0.25, 0.3) is 0 Å². The van der Waals surface area contributed by atoms with Crippen LogP contribution in [0, 0.1) is 0 Å². The molecular formula is C15H22N2O4. The highest BCUT2D eigenvalue weighted by molar-refractivity contribution is 5.83. The van der Waals surface area contributed by atoms with E-state index in [4.69, 9.17) is 9.47 Å². The van der Waals surface area contributed by atoms with Crippen molar-refractivity contribution in [3.05, 3.63) is 24.3 Å². The van der Waals surface area contributed by atoms with Crippen molar-refractivity contribution < 1.29 is 19.4 Å². The minimum absolute atomic E-state index is 0.0817. The number of rotatable bonds is 7. The molecule has 1 aliphatic heterocycles. The minimum atomic E-state index is -0.661. The van der Waals surface area contributed by atoms with E-state index in [2.05, 4.69) is 5.32 Å². The minimum Gasteiger partial charge on any atom is -0.497 e. The quantitative estimate of drug-likeness (QED) is 0.754. The first-order valence-electron chi connectivity index (χ1n) is 7.03. The number of carbonyl (C=O) groups excluding carboxylic acids is 1. The number of ether oxygens (including phenoxy) is 2. The normalized spacial score (nSPS) is 19.7. The third-order valence-corrected chi connectivity index (χ3v) is 3.53. The molecule has 1 amide bonds. The third-order valence-electron chi connectivity index (χ3n) is 3.53. The predicted octanol–water partition coefficient (Wildman–Crippen LogP) is 0.255. The average Bonchev–Trinajstić information content (AvgIpc) is 2.83. The summed E-state index contributed by atoms with van der Waals surface area (Å²) in [6.45, 7) is 1.27. The third kappa shape index (κ3) is 4.34. The highest BCUT2D eigenvalue weighted by atomic mass is 16.5. The molecule has 1 aliphatic rings. The van der Waals surface area contributed by atoms with Gasteiger partial charge < -0.3 is 24.8 Å². The Hall–Kier alpha value is -1.79. The zero-order chi connectivity index (χ0) is 15.2. The van der Waals surface area contributed by atoms with Crippen molar-refractivity contribution in [1.82, 2.24) is 10.2 Å². The van der Waals surface area contributed by atoms with E-state index in [0.29, 0.717) is 12.3 Å². The number of amides is 1. The molecule has 0 spiro atoms. The Labute approximate surface area is 124 Å². The molecule has 2 unspecified atom stereocenters. The van der Waals surface area contributed by atoms with Gasteiger partial charge in [0.2, 0.25) is 5.91 Å². The Morgan fingerprint density at radius 2 is 2.05 bits per heavy atom. The Kier molecular flexibility index (Phi) is 5.41. The molecule has 2 atom stereocenters. The van der Waals surface area contributed by atoms with Crippen LogP contribution in [-0.4, -0.2) is 61.9 Å². The van der Waals surface area contributed by atoms with Crippen LogP contribution in [0.1, 0.15) is 6.42 Å². The van der Waals surface area contributed by atoms with Gasteiger partial charge in [-0.05, 0) is 30.7 Å². The van der Waals surface area contributed by atoms with Gasteiger partial charge in [0.25, 0.3) is 0 Å². The number of likely N-dealkylation sites (N-methyl/N-ethyl adjacent to an activating group) is 1. The molecule has 0 aliphatic carbocycles. The van der Waals surface area contributed by atoms with Gasteiger partial charge in [-0.25, -0.2) is 0 Å². The van der Waals surface area contributed by atoms with Gasteiger partial charge in [-0.15, -0.1) is 0 Å². The summed E-state index contributed by atoms with van der Waals surface area (Å²) < 4.78 is 10.5. The first kappa shape index (κ1) is 15.6. The van der Waals surface area contributed by atoms with Crippen LogP contribution in [0.5, 0.6) is 11.5 Å². The topological polar surface area (TPSA) is 71.0 Å². The summed E-state index contributed by atoms with van der Waals surface area (Å²) in [4.78, 5) is 13.4. The van der Waals surface area contributed by atoms with Crippen LogP contribution in [0.2, 0.25) is 0 Å². The summed E-state index contributed by atoms with van der Waals surface area (Å²) in [6.07, 6.45) is 0.118. The van der Waals surface area contributed by atoms with Gasteiger partial charge in [-0.3, -0.25) is 4.79 Å². The van der Waals surface area contributed by atoms with E-state index in [0.717, 1.165) is 18.7 Å². The summed E-state index contributed by atoms with van der Waals surface area (Å²) in [6, 6.07) is 6.98. The van der Waals surface area contributed by atoms with E-state index < -0.39 is 6.10 Å². The number of likely N-dealkylation sites (tertiary alicyclic amines) is 1. The number of aliphatic hydroxyl groups excluding tert-OH is 1. The van der Waals surface area contributed by atoms with E-state index in [1.165, 1.54) is 0 Å². The maximum absolute atomic E-state index is 11.7. The van der Waals surface area contributed by atoms with Crippen molar-refractivity contribution in [2.45, 2.75) is 18.6 Å². The maximum atomic E-state index is 11.7. The van der Waals surface area contributed by atoms with Crippen LogP contribution in [0.3, 0.4) is 0 Å². The Bertz CT molecular complexity index is 463. The van der Waals surface area contributed by atoms with Crippen molar-refractivity contribution in [1.29, 1.82) is 0 Å². The largest absolute Gasteiger partial charge is 0.497 e. The van der Waals surface area contributed by atoms with Crippen molar-refractivity contribution >= 4 is 5.91 Å². The zero-order valence-electron chi connectivity index (χ0n) is 12.4. The zero-order valence-corrected chi connectivity index (χ0v) is 12.4. The number of nitrogens with zero attached hydrogens (tertiary/aromatic N) is 1. The fraction of sp³-hybridized carbons (Fsp3) is 0.533. The van der Waals surface area contributed by atoms with Crippen molar-refractivity contribution in [3.8, 4) is 11.5 Å². The second kappa shape index (κ2) is 7.28. The van der Waals surface area contributed by atoms with Gasteiger partial charge in [-0.1, -0.05) is 0 Å². The Morgan fingerprint density at radius 3 is 2.62 bits per heavy atom. The number of nitrogens with one attached hydrogen (secondary N) is 1. The van der Waals surface area contributed by atoms with Gasteiger partial charge in [0.15, 0.2) is 0 Å². The van der Waals surface area contributed by atoms with Gasteiger partial charge in [0, 0.05) is 20.1 Å². The second-order valence-electron chi connectivity index (χ2n) is 5.15. The molecule has 116 valence electrons. The number of hydrogen-bond acceptors (Lipinski definition) is 5. The number of methoxy groups -OCH3 is 1. The molecule has 2 rings (SSSR count). The van der Waals surface area contributed by atoms with Crippen LogP contribution < -0.4 is 14.8 Å². The molecular weight excluding hydrogens is 272 g/mol. The molecule has 0 bridgehead atoms. The molecule has 1 aromatic carbocycles. The maximum Gasteiger partial charge on any atom is 0.239 e. The molecule has 1 aromatic rings. The van der Waals surface area contributed by atoms with Gasteiger partial charge in [0.05, 0.1) is 13.2 Å². The molecule has 1 saturated heterocycles. The number of aliphatic hydroxyl groups is 1. The summed E-state index contributed by atoms with van der Waals surface area (Å²) in [5.74, 6) is 1.51. The molecule has 1 heterocycles. The first-order valence-corrected chi connectivity index (χ1v) is 7.03. The highest BCUT2D eigenvalue weighted by Gasteiger charge is 2.28. The average molecular weight is 294 g/mol. The SMILES string of the molecule is COc1ccc(OCC(O)CNC2CCN(C)C2=O)cc1. The van der Waals surface area contributed by atoms with Gasteiger partial charge in [0.1, 0.15) is 24.2 Å². The van der Waals surface area contributed by atoms with E-state index in [1.807, 2.05) is 0 Å². The predicted molar refractivity (Wildman–Crippen MR) is 78.5 cm³/mol. The Balaban J connectivity index is 1.69. The van der Waals surface area contributed by atoms with Crippen molar-refractivity contribution in [2.75, 3.05) is 33.9 Å². The lowest BCUT2D eigenvalue weighted by Gasteiger charge is -2.16. The molecule has 1 fully saturated rings. The van der Waals surface area contributed by atoms with Gasteiger partial charge in [-0.2, -0.15) is 0 Å². The van der Waals surface area contributed by atoms with Crippen LogP contribution in [0.4, 0.5) is 0 Å². The molecule has 6 nitrogen and oxygen atoms in total. The molecule has 0 saturated carbocycles. The second-order valence-corrected chi connectivity index (χ2v) is 5.15. The monoisotopic (exact) mass is 294 g/mol. The first-order chi connectivity index (χ1) is 10.1. The lowest BCUT2D eigenvalue weighted by Crippen LogP contribution is -2.42. The summed E-state index contributed by atoms with van der Waals surface area (Å²) in [7, 11) is 3.39. The number of hydrogen-bond donors (Lipinski definition) is 2. The molecule has 21 heavy (non-hydrogen) atoms. The smallest absolute Gasteiger partial charge is 0.239 e. The van der Waals surface area contributed by atoms with Crippen molar-refractivity contribution in [3.63, 3.8) is 0 Å². The molecule has 0 radical (unpaired) electrons. The lowest BCUT2D eigenvalue weighted by atomic mass is 10.2. The van der Waals surface area contributed by atoms with Crippen LogP contribution >= 0.6 is 0 Å². The fourth-order valence-corrected chi connectivity index (χ4v) is 2.21. The molecule has 6 heteroatoms. The van der Waals surface area contributed by atoms with E-state index in [1.54, 1.807) is 43.3 Å². The summed E-state index contributed by atoms with van der Waals surface area (Å²) >= 11 is 0. The van der Waals surface area contributed by atoms with Gasteiger partial charge >= 0.3 is 0 Å². The lowest BCUT2D eigenvalue weighted by molar-refractivity contribution is -0.128. The van der Waals surface area contributed by atoms with E-state index in [-0.39, 0.29) is 18.6 Å². The Morgan fingerprint density at radius 1 is 1.38 bits per heavy atom. The number of carbonyl (C=O) groups is 1. The molecule has 2 N–H and O–H groups in total. The van der Waals surface area contributed by atoms with Crippen LogP contribution in [0.15, 0.2) is 24.3 Å². The summed E-state index contributed by atoms with van der Waals surface area (Å²) in [5, 5.41) is 13.0. The van der Waals surface area contributed by atoms with E-state index in [9.17, 15) is 9.90 Å². The standard InChI is InChI=1S/C15H22N2O4/c1-17-8-7-14(15(17)19)16-9-11(18)10-21-13-5-3-12(20-2)4-6-13/h3-6,11,14,16,18H,7-10H2,1-2H3. The van der Waals surface area contributed by atoms with Crippen molar-refractivity contribution in [2.24, 2.45) is 0 Å². The molecule has 0 aromatic heterocycles. The number of benzene rings is 1. The highest BCUT2D eigenvalue weighted by Crippen LogP contribution is 2.17. The van der Waals surface area contributed by atoms with Crippen LogP contribution in [-0.2, 0) is 4.79 Å². The fourth-order valence-electron chi connectivity index (χ4n) is 2.21.